The van der Waals surface area contributed by atoms with Gasteiger partial charge in [0.15, 0.2) is 16.0 Å². The molecule has 3 rings (SSSR count). The van der Waals surface area contributed by atoms with E-state index in [1.165, 1.54) is 25.0 Å². The zero-order valence-corrected chi connectivity index (χ0v) is 23.7. The number of nitrogens with zero attached hydrogens (tertiary/aromatic N) is 4. The second kappa shape index (κ2) is 14.5. The highest BCUT2D eigenvalue weighted by atomic mass is 35.5. The van der Waals surface area contributed by atoms with E-state index in [9.17, 15) is 24.0 Å². The summed E-state index contributed by atoms with van der Waals surface area (Å²) in [5, 5.41) is 20.4. The average Bonchev–Trinajstić information content (AvgIpc) is 3.60. The van der Waals surface area contributed by atoms with E-state index < -0.39 is 41.7 Å². The Hall–Kier alpha value is -3.87. The summed E-state index contributed by atoms with van der Waals surface area (Å²) in [7, 11) is 2.42. The molecule has 0 bridgehead atoms. The molecule has 1 saturated heterocycles. The number of thiazole rings is 2. The normalized spacial score (nSPS) is 16.8. The van der Waals surface area contributed by atoms with Gasteiger partial charge in [0.25, 0.3) is 5.91 Å². The van der Waals surface area contributed by atoms with Crippen molar-refractivity contribution in [2.24, 2.45) is 10.3 Å². The van der Waals surface area contributed by atoms with Crippen LogP contribution in [0.15, 0.2) is 21.1 Å². The first-order chi connectivity index (χ1) is 19.2. The molecular weight excluding hydrogens is 615 g/mol. The first-order valence-electron chi connectivity index (χ1n) is 10.8. The Bertz CT molecular complexity index is 1350. The zero-order chi connectivity index (χ0) is 29.2. The molecule has 3 heterocycles. The van der Waals surface area contributed by atoms with Crippen molar-refractivity contribution in [1.29, 1.82) is 0 Å². The minimum absolute atomic E-state index is 0.0644. The van der Waals surface area contributed by atoms with E-state index in [0.717, 1.165) is 22.7 Å². The summed E-state index contributed by atoms with van der Waals surface area (Å²) in [5.74, 6) is -3.84. The van der Waals surface area contributed by atoms with Crippen LogP contribution in [0, 0.1) is 0 Å². The lowest BCUT2D eigenvalue weighted by Gasteiger charge is -2.36. The third-order valence-corrected chi connectivity index (χ3v) is 6.70. The Morgan fingerprint density at radius 3 is 1.98 bits per heavy atom. The van der Waals surface area contributed by atoms with Crippen LogP contribution in [0.1, 0.15) is 11.4 Å². The molecule has 4 amide bonds. The molecule has 40 heavy (non-hydrogen) atoms. The maximum atomic E-state index is 12.9. The first kappa shape index (κ1) is 30.7. The van der Waals surface area contributed by atoms with Crippen molar-refractivity contribution in [3.63, 3.8) is 0 Å². The molecular formula is C20H20Cl2N8O8S2. The Labute approximate surface area is 243 Å². The average molecular weight is 635 g/mol. The van der Waals surface area contributed by atoms with Gasteiger partial charge in [-0.1, -0.05) is 10.3 Å². The molecule has 214 valence electrons. The number of nitrogens with one attached hydrogen (secondary N) is 4. The second-order valence-corrected chi connectivity index (χ2v) is 9.60. The van der Waals surface area contributed by atoms with Crippen molar-refractivity contribution in [3.05, 3.63) is 22.1 Å². The van der Waals surface area contributed by atoms with Gasteiger partial charge in [0.1, 0.15) is 50.0 Å². The minimum atomic E-state index is -1.09. The number of anilines is 2. The molecule has 0 saturated carbocycles. The Morgan fingerprint density at radius 2 is 1.48 bits per heavy atom. The molecule has 1 aliphatic heterocycles. The van der Waals surface area contributed by atoms with Gasteiger partial charge in [0, 0.05) is 10.8 Å². The molecule has 2 aromatic rings. The summed E-state index contributed by atoms with van der Waals surface area (Å²) in [4.78, 5) is 78.3. The topological polar surface area (TPSA) is 212 Å². The lowest BCUT2D eigenvalue weighted by atomic mass is 9.99. The Morgan fingerprint density at radius 1 is 0.950 bits per heavy atom. The summed E-state index contributed by atoms with van der Waals surface area (Å²) >= 11 is 13.0. The quantitative estimate of drug-likeness (QED) is 0.0754. The Balaban J connectivity index is 1.63. The summed E-state index contributed by atoms with van der Waals surface area (Å²) in [5.41, 5.74) is -0.432. The van der Waals surface area contributed by atoms with Gasteiger partial charge in [-0.05, 0) is 0 Å². The van der Waals surface area contributed by atoms with Gasteiger partial charge in [-0.3, -0.25) is 19.2 Å². The van der Waals surface area contributed by atoms with Gasteiger partial charge in [-0.2, -0.15) is 0 Å². The molecule has 0 radical (unpaired) electrons. The SMILES string of the molecule is CON=C(C(=O)N[C@@H]1C(=O)N[C@@H]1COC(=O)C(=NOC)c1csc(NC(=O)CCl)n1)c1csc(NC(=O)CCl)n1. The molecule has 0 unspecified atom stereocenters. The molecule has 0 aliphatic carbocycles. The standard InChI is InChI=1S/C20H20Cl2N8O8S2/c1-36-29-14(9-6-39-19(24-9)26-11(31)3-21)17(34)28-13-8(23-16(13)33)5-38-18(35)15(30-37-2)10-7-40-20(25-10)27-12(32)4-22/h6-8,13H,3-5H2,1-2H3,(H,23,33)(H,28,34)(H,24,26,31)(H,25,27,32)/t8-,13+/m1/s1. The maximum Gasteiger partial charge on any atom is 0.362 e. The summed E-state index contributed by atoms with van der Waals surface area (Å²) in [6, 6.07) is -1.88. The van der Waals surface area contributed by atoms with Gasteiger partial charge in [0.05, 0.1) is 6.04 Å². The number of alkyl halides is 2. The third kappa shape index (κ3) is 7.84. The van der Waals surface area contributed by atoms with Crippen molar-refractivity contribution < 1.29 is 38.4 Å². The molecule has 2 atom stereocenters. The van der Waals surface area contributed by atoms with E-state index in [-0.39, 0.29) is 51.4 Å². The van der Waals surface area contributed by atoms with E-state index >= 15 is 0 Å². The van der Waals surface area contributed by atoms with E-state index in [1.54, 1.807) is 0 Å². The van der Waals surface area contributed by atoms with Crippen molar-refractivity contribution in [2.75, 3.05) is 43.2 Å². The van der Waals surface area contributed by atoms with Gasteiger partial charge in [-0.15, -0.1) is 45.9 Å². The molecule has 2 aromatic heterocycles. The van der Waals surface area contributed by atoms with Crippen LogP contribution in [0.4, 0.5) is 10.3 Å². The van der Waals surface area contributed by atoms with E-state index in [2.05, 4.69) is 41.5 Å². The number of halogens is 2. The predicted molar refractivity (Wildman–Crippen MR) is 145 cm³/mol. The monoisotopic (exact) mass is 634 g/mol. The fourth-order valence-corrected chi connectivity index (χ4v) is 4.51. The fourth-order valence-electron chi connectivity index (χ4n) is 2.95. The van der Waals surface area contributed by atoms with Crippen LogP contribution in [-0.4, -0.2) is 95.7 Å². The lowest BCUT2D eigenvalue weighted by Crippen LogP contribution is -2.71. The maximum absolute atomic E-state index is 12.9. The van der Waals surface area contributed by atoms with Crippen molar-refractivity contribution in [2.45, 2.75) is 12.1 Å². The van der Waals surface area contributed by atoms with E-state index in [0.29, 0.717) is 0 Å². The highest BCUT2D eigenvalue weighted by Crippen LogP contribution is 2.19. The molecule has 1 fully saturated rings. The van der Waals surface area contributed by atoms with Crippen LogP contribution >= 0.6 is 45.9 Å². The number of oxime groups is 2. The van der Waals surface area contributed by atoms with Crippen molar-refractivity contribution in [1.82, 2.24) is 20.6 Å². The molecule has 16 nitrogen and oxygen atoms in total. The third-order valence-electron chi connectivity index (χ3n) is 4.70. The molecule has 4 N–H and O–H groups in total. The number of carbonyl (C=O) groups excluding carboxylic acids is 5. The van der Waals surface area contributed by atoms with Crippen LogP contribution in [0.25, 0.3) is 0 Å². The summed E-state index contributed by atoms with van der Waals surface area (Å²) in [6.07, 6.45) is 0. The van der Waals surface area contributed by atoms with Crippen LogP contribution in [0.2, 0.25) is 0 Å². The lowest BCUT2D eigenvalue weighted by molar-refractivity contribution is -0.143. The first-order valence-corrected chi connectivity index (χ1v) is 13.7. The largest absolute Gasteiger partial charge is 0.459 e. The van der Waals surface area contributed by atoms with Gasteiger partial charge >= 0.3 is 5.97 Å². The second-order valence-electron chi connectivity index (χ2n) is 7.35. The van der Waals surface area contributed by atoms with E-state index in [4.69, 9.17) is 37.6 Å². The summed E-state index contributed by atoms with van der Waals surface area (Å²) in [6.45, 7) is -0.347. The van der Waals surface area contributed by atoms with Crippen molar-refractivity contribution in [3.8, 4) is 0 Å². The number of aromatic nitrogens is 2. The van der Waals surface area contributed by atoms with Crippen LogP contribution in [0.5, 0.6) is 0 Å². The number of carbonyl (C=O) groups is 5. The number of ether oxygens (including phenoxy) is 1. The number of esters is 1. The van der Waals surface area contributed by atoms with Gasteiger partial charge in [0.2, 0.25) is 23.4 Å². The summed E-state index contributed by atoms with van der Waals surface area (Å²) < 4.78 is 5.25. The van der Waals surface area contributed by atoms with Gasteiger partial charge < -0.3 is 35.7 Å². The van der Waals surface area contributed by atoms with E-state index in [1.807, 2.05) is 0 Å². The van der Waals surface area contributed by atoms with Crippen LogP contribution < -0.4 is 21.3 Å². The molecule has 20 heteroatoms. The Kier molecular flexibility index (Phi) is 11.1. The van der Waals surface area contributed by atoms with Crippen LogP contribution in [0.3, 0.4) is 0 Å². The molecule has 1 aliphatic rings. The van der Waals surface area contributed by atoms with Crippen molar-refractivity contribution >= 4 is 97.2 Å². The minimum Gasteiger partial charge on any atom is -0.459 e. The highest BCUT2D eigenvalue weighted by molar-refractivity contribution is 7.14. The molecule has 0 aromatic carbocycles. The van der Waals surface area contributed by atoms with Crippen LogP contribution in [-0.2, 0) is 38.4 Å². The predicted octanol–water partition coefficient (Wildman–Crippen LogP) is -0.118. The zero-order valence-electron chi connectivity index (χ0n) is 20.6. The fraction of sp³-hybridized carbons (Fsp3) is 0.350. The highest BCUT2D eigenvalue weighted by Gasteiger charge is 2.42. The molecule has 0 spiro atoms. The number of hydrogen-bond acceptors (Lipinski definition) is 14. The smallest absolute Gasteiger partial charge is 0.362 e. The number of amides is 4. The van der Waals surface area contributed by atoms with Gasteiger partial charge in [-0.25, -0.2) is 14.8 Å². The number of rotatable bonds is 13. The number of β-lactam (4-membered cyclic amide) rings is 1. The number of hydrogen-bond donors (Lipinski definition) is 4.